The maximum atomic E-state index is 13.1. The Hall–Kier alpha value is -2.55. The Bertz CT molecular complexity index is 742. The first kappa shape index (κ1) is 16.3. The van der Waals surface area contributed by atoms with Gasteiger partial charge in [-0.05, 0) is 43.2 Å². The molecule has 1 aliphatic heterocycles. The molecule has 124 valence electrons. The van der Waals surface area contributed by atoms with E-state index < -0.39 is 11.7 Å². The van der Waals surface area contributed by atoms with Crippen LogP contribution in [-0.4, -0.2) is 18.1 Å². The number of nitrogens with zero attached hydrogens (tertiary/aromatic N) is 3. The molecule has 2 aromatic rings. The van der Waals surface area contributed by atoms with E-state index in [2.05, 4.69) is 4.98 Å². The van der Waals surface area contributed by atoms with E-state index in [9.17, 15) is 13.2 Å². The highest BCUT2D eigenvalue weighted by molar-refractivity contribution is 5.55. The third kappa shape index (κ3) is 3.35. The largest absolute Gasteiger partial charge is 0.417 e. The summed E-state index contributed by atoms with van der Waals surface area (Å²) in [5, 5.41) is 8.87. The summed E-state index contributed by atoms with van der Waals surface area (Å²) in [6.07, 6.45) is -1.07. The van der Waals surface area contributed by atoms with Gasteiger partial charge in [0.05, 0.1) is 17.2 Å². The van der Waals surface area contributed by atoms with Crippen LogP contribution >= 0.6 is 0 Å². The van der Waals surface area contributed by atoms with Gasteiger partial charge >= 0.3 is 6.18 Å². The van der Waals surface area contributed by atoms with Crippen LogP contribution in [0.15, 0.2) is 42.6 Å². The molecule has 1 saturated heterocycles. The number of piperidine rings is 1. The molecular weight excluding hydrogens is 315 g/mol. The molecule has 0 spiro atoms. The van der Waals surface area contributed by atoms with Crippen molar-refractivity contribution in [2.45, 2.75) is 24.9 Å². The van der Waals surface area contributed by atoms with Crippen molar-refractivity contribution in [2.24, 2.45) is 0 Å². The van der Waals surface area contributed by atoms with E-state index in [0.29, 0.717) is 24.7 Å². The third-order valence-electron chi connectivity index (χ3n) is 4.40. The number of rotatable bonds is 2. The van der Waals surface area contributed by atoms with Gasteiger partial charge in [0.2, 0.25) is 0 Å². The van der Waals surface area contributed by atoms with E-state index in [1.165, 1.54) is 6.07 Å². The lowest BCUT2D eigenvalue weighted by Gasteiger charge is -2.33. The molecule has 0 saturated carbocycles. The number of hydrogen-bond donors (Lipinski definition) is 0. The van der Waals surface area contributed by atoms with Gasteiger partial charge < -0.3 is 4.90 Å². The molecule has 6 heteroatoms. The number of aromatic nitrogens is 1. The van der Waals surface area contributed by atoms with Gasteiger partial charge in [-0.25, -0.2) is 0 Å². The number of nitriles is 1. The van der Waals surface area contributed by atoms with Gasteiger partial charge in [0.1, 0.15) is 0 Å². The quantitative estimate of drug-likeness (QED) is 0.821. The summed E-state index contributed by atoms with van der Waals surface area (Å²) in [6, 6.07) is 11.4. The Morgan fingerprint density at radius 1 is 1.12 bits per heavy atom. The standard InChI is InChI=1S/C18H16F3N3/c19-18(20,21)16-11-15(5-4-14(16)12-22)24-9-6-13(7-10-24)17-3-1-2-8-23-17/h1-5,8,11,13H,6-7,9-10H2. The minimum absolute atomic E-state index is 0.336. The van der Waals surface area contributed by atoms with Gasteiger partial charge in [0.25, 0.3) is 0 Å². The lowest BCUT2D eigenvalue weighted by atomic mass is 9.92. The lowest BCUT2D eigenvalue weighted by molar-refractivity contribution is -0.137. The van der Waals surface area contributed by atoms with Gasteiger partial charge in [-0.2, -0.15) is 18.4 Å². The zero-order valence-corrected chi connectivity index (χ0v) is 12.9. The summed E-state index contributed by atoms with van der Waals surface area (Å²) in [5.41, 5.74) is 0.345. The first-order valence-electron chi connectivity index (χ1n) is 7.76. The van der Waals surface area contributed by atoms with Crippen LogP contribution in [0.3, 0.4) is 0 Å². The van der Waals surface area contributed by atoms with Crippen LogP contribution in [-0.2, 0) is 6.18 Å². The molecule has 0 bridgehead atoms. The van der Waals surface area contributed by atoms with Crippen LogP contribution in [0.2, 0.25) is 0 Å². The van der Waals surface area contributed by atoms with Crippen molar-refractivity contribution in [3.63, 3.8) is 0 Å². The van der Waals surface area contributed by atoms with E-state index in [1.807, 2.05) is 23.1 Å². The highest BCUT2D eigenvalue weighted by Crippen LogP contribution is 2.36. The number of alkyl halides is 3. The molecule has 3 nitrogen and oxygen atoms in total. The Labute approximate surface area is 138 Å². The zero-order valence-electron chi connectivity index (χ0n) is 12.9. The molecular formula is C18H16F3N3. The van der Waals surface area contributed by atoms with Crippen molar-refractivity contribution < 1.29 is 13.2 Å². The van der Waals surface area contributed by atoms with Crippen LogP contribution in [0.25, 0.3) is 0 Å². The molecule has 3 rings (SSSR count). The molecule has 1 aromatic heterocycles. The third-order valence-corrected chi connectivity index (χ3v) is 4.40. The fourth-order valence-electron chi connectivity index (χ4n) is 3.11. The number of hydrogen-bond acceptors (Lipinski definition) is 3. The number of halogens is 3. The molecule has 0 atom stereocenters. The molecule has 1 aromatic carbocycles. The van der Waals surface area contributed by atoms with Crippen LogP contribution in [0, 0.1) is 11.3 Å². The smallest absolute Gasteiger partial charge is 0.371 e. The number of anilines is 1. The average Bonchev–Trinajstić information content (AvgIpc) is 2.61. The second-order valence-electron chi connectivity index (χ2n) is 5.86. The fraction of sp³-hybridized carbons (Fsp3) is 0.333. The Morgan fingerprint density at radius 3 is 2.46 bits per heavy atom. The molecule has 0 unspecified atom stereocenters. The Kier molecular flexibility index (Phi) is 4.43. The van der Waals surface area contributed by atoms with Crippen molar-refractivity contribution in [1.82, 2.24) is 4.98 Å². The second-order valence-corrected chi connectivity index (χ2v) is 5.86. The molecule has 0 aliphatic carbocycles. The molecule has 0 N–H and O–H groups in total. The van der Waals surface area contributed by atoms with Crippen LogP contribution < -0.4 is 4.90 Å². The van der Waals surface area contributed by atoms with E-state index in [1.54, 1.807) is 18.3 Å². The van der Waals surface area contributed by atoms with Gasteiger partial charge in [0.15, 0.2) is 0 Å². The highest BCUT2D eigenvalue weighted by atomic mass is 19.4. The monoisotopic (exact) mass is 331 g/mol. The first-order valence-corrected chi connectivity index (χ1v) is 7.76. The number of pyridine rings is 1. The zero-order chi connectivity index (χ0) is 17.2. The van der Waals surface area contributed by atoms with Gasteiger partial charge in [-0.3, -0.25) is 4.98 Å². The van der Waals surface area contributed by atoms with Gasteiger partial charge in [-0.1, -0.05) is 6.07 Å². The normalized spacial score (nSPS) is 16.0. The van der Waals surface area contributed by atoms with Gasteiger partial charge in [-0.15, -0.1) is 0 Å². The lowest BCUT2D eigenvalue weighted by Crippen LogP contribution is -2.33. The first-order chi connectivity index (χ1) is 11.5. The predicted molar refractivity (Wildman–Crippen MR) is 84.6 cm³/mol. The van der Waals surface area contributed by atoms with Crippen molar-refractivity contribution in [3.8, 4) is 6.07 Å². The molecule has 1 aliphatic rings. The topological polar surface area (TPSA) is 39.9 Å². The van der Waals surface area contributed by atoms with Crippen molar-refractivity contribution in [2.75, 3.05) is 18.0 Å². The molecule has 0 amide bonds. The van der Waals surface area contributed by atoms with E-state index in [0.717, 1.165) is 24.6 Å². The summed E-state index contributed by atoms with van der Waals surface area (Å²) >= 11 is 0. The van der Waals surface area contributed by atoms with Crippen LogP contribution in [0.4, 0.5) is 18.9 Å². The van der Waals surface area contributed by atoms with Gasteiger partial charge in [0, 0.05) is 36.6 Å². The minimum atomic E-state index is -4.52. The van der Waals surface area contributed by atoms with E-state index >= 15 is 0 Å². The Balaban J connectivity index is 1.76. The molecule has 1 fully saturated rings. The van der Waals surface area contributed by atoms with Crippen LogP contribution in [0.5, 0.6) is 0 Å². The van der Waals surface area contributed by atoms with Crippen LogP contribution in [0.1, 0.15) is 35.6 Å². The van der Waals surface area contributed by atoms with Crippen molar-refractivity contribution in [1.29, 1.82) is 5.26 Å². The average molecular weight is 331 g/mol. The van der Waals surface area contributed by atoms with E-state index in [4.69, 9.17) is 5.26 Å². The second kappa shape index (κ2) is 6.52. The predicted octanol–water partition coefficient (Wildman–Crippen LogP) is 4.36. The molecule has 2 heterocycles. The summed E-state index contributed by atoms with van der Waals surface area (Å²) in [4.78, 5) is 6.31. The highest BCUT2D eigenvalue weighted by Gasteiger charge is 2.34. The molecule has 0 radical (unpaired) electrons. The SMILES string of the molecule is N#Cc1ccc(N2CCC(c3ccccn3)CC2)cc1C(F)(F)F. The molecule has 24 heavy (non-hydrogen) atoms. The maximum absolute atomic E-state index is 13.1. The van der Waals surface area contributed by atoms with Crippen molar-refractivity contribution >= 4 is 5.69 Å². The summed E-state index contributed by atoms with van der Waals surface area (Å²) in [6.45, 7) is 1.34. The fourth-order valence-corrected chi connectivity index (χ4v) is 3.11. The minimum Gasteiger partial charge on any atom is -0.371 e. The maximum Gasteiger partial charge on any atom is 0.417 e. The Morgan fingerprint density at radius 2 is 1.88 bits per heavy atom. The summed E-state index contributed by atoms with van der Waals surface area (Å²) in [5.74, 6) is 0.336. The summed E-state index contributed by atoms with van der Waals surface area (Å²) in [7, 11) is 0. The van der Waals surface area contributed by atoms with E-state index in [-0.39, 0.29) is 5.56 Å². The van der Waals surface area contributed by atoms with Crippen molar-refractivity contribution in [3.05, 3.63) is 59.4 Å². The summed E-state index contributed by atoms with van der Waals surface area (Å²) < 4.78 is 39.3. The number of benzene rings is 1.